The highest BCUT2D eigenvalue weighted by atomic mass is 79.9. The summed E-state index contributed by atoms with van der Waals surface area (Å²) in [5, 5.41) is 1.31. The van der Waals surface area contributed by atoms with Crippen molar-refractivity contribution in [2.24, 2.45) is 0 Å². The summed E-state index contributed by atoms with van der Waals surface area (Å²) in [4.78, 5) is 0. The van der Waals surface area contributed by atoms with Crippen LogP contribution in [0.2, 0.25) is 0 Å². The molecule has 0 bridgehead atoms. The van der Waals surface area contributed by atoms with Gasteiger partial charge in [0.15, 0.2) is 0 Å². The van der Waals surface area contributed by atoms with Gasteiger partial charge in [0, 0.05) is 28.1 Å². The van der Waals surface area contributed by atoms with Crippen LogP contribution in [0.4, 0.5) is 0 Å². The van der Waals surface area contributed by atoms with Gasteiger partial charge in [-0.1, -0.05) is 28.1 Å². The molecule has 0 saturated carbocycles. The molecule has 1 aromatic heterocycles. The van der Waals surface area contributed by atoms with Gasteiger partial charge in [0.25, 0.3) is 0 Å². The summed E-state index contributed by atoms with van der Waals surface area (Å²) in [5.74, 6) is 0.885. The molecule has 2 aromatic carbocycles. The Labute approximate surface area is 127 Å². The molecule has 3 heteroatoms. The third-order valence-corrected chi connectivity index (χ3v) is 4.40. The molecular weight excluding hydrogens is 314 g/mol. The number of halogens is 1. The molecule has 0 amide bonds. The van der Waals surface area contributed by atoms with Crippen molar-refractivity contribution in [2.75, 3.05) is 7.11 Å². The van der Waals surface area contributed by atoms with E-state index in [1.54, 1.807) is 7.11 Å². The number of fused-ring (bicyclic) bond motifs is 1. The van der Waals surface area contributed by atoms with Crippen LogP contribution in [0.15, 0.2) is 53.1 Å². The first-order chi connectivity index (χ1) is 9.69. The van der Waals surface area contributed by atoms with Crippen molar-refractivity contribution < 1.29 is 4.74 Å². The minimum Gasteiger partial charge on any atom is -0.497 e. The fourth-order valence-corrected chi connectivity index (χ4v) is 2.87. The van der Waals surface area contributed by atoms with Crippen LogP contribution in [0.5, 0.6) is 5.75 Å². The van der Waals surface area contributed by atoms with Crippen molar-refractivity contribution in [3.8, 4) is 5.75 Å². The van der Waals surface area contributed by atoms with Gasteiger partial charge in [0.1, 0.15) is 5.75 Å². The first-order valence-electron chi connectivity index (χ1n) is 6.56. The van der Waals surface area contributed by atoms with Crippen molar-refractivity contribution in [1.29, 1.82) is 0 Å². The van der Waals surface area contributed by atoms with Gasteiger partial charge >= 0.3 is 0 Å². The molecule has 2 nitrogen and oxygen atoms in total. The van der Waals surface area contributed by atoms with E-state index in [4.69, 9.17) is 4.74 Å². The largest absolute Gasteiger partial charge is 0.497 e. The van der Waals surface area contributed by atoms with E-state index in [0.29, 0.717) is 0 Å². The molecule has 0 saturated heterocycles. The summed E-state index contributed by atoms with van der Waals surface area (Å²) in [6.07, 6.45) is 2.14. The summed E-state index contributed by atoms with van der Waals surface area (Å²) in [6.45, 7) is 2.97. The molecule has 3 rings (SSSR count). The van der Waals surface area contributed by atoms with Crippen molar-refractivity contribution in [3.63, 3.8) is 0 Å². The van der Waals surface area contributed by atoms with Crippen LogP contribution < -0.4 is 4.74 Å². The number of methoxy groups -OCH3 is 1. The molecule has 0 aliphatic heterocycles. The summed E-state index contributed by atoms with van der Waals surface area (Å²) >= 11 is 3.62. The number of hydrogen-bond acceptors (Lipinski definition) is 1. The Morgan fingerprint density at radius 1 is 1.15 bits per heavy atom. The molecule has 1 heterocycles. The summed E-state index contributed by atoms with van der Waals surface area (Å²) in [5.41, 5.74) is 3.79. The van der Waals surface area contributed by atoms with E-state index >= 15 is 0 Å². The molecule has 0 unspecified atom stereocenters. The minimum atomic E-state index is 0.824. The van der Waals surface area contributed by atoms with E-state index < -0.39 is 0 Å². The van der Waals surface area contributed by atoms with E-state index in [9.17, 15) is 0 Å². The van der Waals surface area contributed by atoms with E-state index in [2.05, 4.69) is 63.9 Å². The number of ether oxygens (including phenoxy) is 1. The number of nitrogens with zero attached hydrogens (tertiary/aromatic N) is 1. The smallest absolute Gasteiger partial charge is 0.119 e. The first-order valence-corrected chi connectivity index (χ1v) is 7.35. The molecule has 0 spiro atoms. The monoisotopic (exact) mass is 329 g/mol. The fraction of sp³-hybridized carbons (Fsp3) is 0.176. The maximum absolute atomic E-state index is 5.31. The Hall–Kier alpha value is -1.74. The molecule has 3 aromatic rings. The predicted octanol–water partition coefficient (Wildman–Crippen LogP) is 4.77. The van der Waals surface area contributed by atoms with Gasteiger partial charge < -0.3 is 9.30 Å². The summed E-state index contributed by atoms with van der Waals surface area (Å²) < 4.78 is 8.68. The quantitative estimate of drug-likeness (QED) is 0.675. The van der Waals surface area contributed by atoms with Crippen LogP contribution in [0.1, 0.15) is 11.1 Å². The van der Waals surface area contributed by atoms with Crippen molar-refractivity contribution in [2.45, 2.75) is 13.5 Å². The van der Waals surface area contributed by atoms with Crippen LogP contribution in [0, 0.1) is 6.92 Å². The van der Waals surface area contributed by atoms with Crippen LogP contribution in [-0.2, 0) is 6.54 Å². The second-order valence-corrected chi connectivity index (χ2v) is 5.76. The predicted molar refractivity (Wildman–Crippen MR) is 86.5 cm³/mol. The first kappa shape index (κ1) is 13.3. The Kier molecular flexibility index (Phi) is 3.53. The second kappa shape index (κ2) is 5.33. The van der Waals surface area contributed by atoms with Crippen LogP contribution >= 0.6 is 15.9 Å². The van der Waals surface area contributed by atoms with Gasteiger partial charge in [-0.15, -0.1) is 0 Å². The number of rotatable bonds is 3. The Bertz CT molecular complexity index is 761. The highest BCUT2D eigenvalue weighted by Gasteiger charge is 2.07. The Morgan fingerprint density at radius 3 is 2.80 bits per heavy atom. The molecule has 0 radical (unpaired) electrons. The lowest BCUT2D eigenvalue weighted by Gasteiger charge is -2.10. The normalized spacial score (nSPS) is 10.9. The Balaban J connectivity index is 2.03. The number of aromatic nitrogens is 1. The minimum absolute atomic E-state index is 0.824. The maximum Gasteiger partial charge on any atom is 0.119 e. The molecule has 0 fully saturated rings. The SMILES string of the molecule is COc1ccc(Br)c(Cn2ccc3c(C)cccc32)c1. The lowest BCUT2D eigenvalue weighted by atomic mass is 10.1. The number of benzene rings is 2. The van der Waals surface area contributed by atoms with Crippen LogP contribution in [0.25, 0.3) is 10.9 Å². The van der Waals surface area contributed by atoms with Gasteiger partial charge in [-0.25, -0.2) is 0 Å². The van der Waals surface area contributed by atoms with Gasteiger partial charge in [0.2, 0.25) is 0 Å². The zero-order chi connectivity index (χ0) is 14.1. The van der Waals surface area contributed by atoms with Crippen LogP contribution in [0.3, 0.4) is 0 Å². The Morgan fingerprint density at radius 2 is 2.00 bits per heavy atom. The van der Waals surface area contributed by atoms with Gasteiger partial charge in [-0.2, -0.15) is 0 Å². The van der Waals surface area contributed by atoms with Crippen molar-refractivity contribution in [1.82, 2.24) is 4.57 Å². The molecule has 0 N–H and O–H groups in total. The average Bonchev–Trinajstić information content (AvgIpc) is 2.86. The zero-order valence-corrected chi connectivity index (χ0v) is 13.1. The average molecular weight is 330 g/mol. The van der Waals surface area contributed by atoms with E-state index in [1.165, 1.54) is 22.0 Å². The maximum atomic E-state index is 5.31. The topological polar surface area (TPSA) is 14.2 Å². The lowest BCUT2D eigenvalue weighted by Crippen LogP contribution is -1.99. The summed E-state index contributed by atoms with van der Waals surface area (Å²) in [6, 6.07) is 14.7. The highest BCUT2D eigenvalue weighted by molar-refractivity contribution is 9.10. The number of hydrogen-bond donors (Lipinski definition) is 0. The molecule has 0 aliphatic carbocycles. The lowest BCUT2D eigenvalue weighted by molar-refractivity contribution is 0.414. The van der Waals surface area contributed by atoms with Crippen molar-refractivity contribution >= 4 is 26.8 Å². The standard InChI is InChI=1S/C17H16BrNO/c1-12-4-3-5-17-15(12)8-9-19(17)11-13-10-14(20-2)6-7-16(13)18/h3-10H,11H2,1-2H3. The molecule has 0 atom stereocenters. The molecule has 20 heavy (non-hydrogen) atoms. The van der Waals surface area contributed by atoms with E-state index in [1.807, 2.05) is 12.1 Å². The van der Waals surface area contributed by atoms with Gasteiger partial charge in [-0.3, -0.25) is 0 Å². The van der Waals surface area contributed by atoms with E-state index in [0.717, 1.165) is 16.8 Å². The zero-order valence-electron chi connectivity index (χ0n) is 11.6. The molecule has 0 aliphatic rings. The summed E-state index contributed by atoms with van der Waals surface area (Å²) in [7, 11) is 1.70. The highest BCUT2D eigenvalue weighted by Crippen LogP contribution is 2.26. The third-order valence-electron chi connectivity index (χ3n) is 3.63. The van der Waals surface area contributed by atoms with Crippen LogP contribution in [-0.4, -0.2) is 11.7 Å². The fourth-order valence-electron chi connectivity index (χ4n) is 2.50. The van der Waals surface area contributed by atoms with Gasteiger partial charge in [0.05, 0.1) is 7.11 Å². The second-order valence-electron chi connectivity index (χ2n) is 4.91. The van der Waals surface area contributed by atoms with Crippen molar-refractivity contribution in [3.05, 3.63) is 64.3 Å². The third kappa shape index (κ3) is 2.34. The van der Waals surface area contributed by atoms with Gasteiger partial charge in [-0.05, 0) is 48.4 Å². The molecule has 102 valence electrons. The van der Waals surface area contributed by atoms with E-state index in [-0.39, 0.29) is 0 Å². The number of aryl methyl sites for hydroxylation is 1. The molecular formula is C17H16BrNO.